The lowest BCUT2D eigenvalue weighted by Gasteiger charge is -2.19. The molecular formula is C24H17NO5. The van der Waals surface area contributed by atoms with Crippen molar-refractivity contribution in [2.75, 3.05) is 5.32 Å². The molecule has 148 valence electrons. The largest absolute Gasteiger partial charge is 0.508 e. The molecule has 1 amide bonds. The van der Waals surface area contributed by atoms with Crippen LogP contribution in [0, 0.1) is 0 Å². The lowest BCUT2D eigenvalue weighted by Crippen LogP contribution is -2.35. The van der Waals surface area contributed by atoms with E-state index >= 15 is 0 Å². The SMILES string of the molecule is O=C(Nc1ccccc1)C1Oc2c(c(=O)oc3ccccc23)C1c1cccc(O)c1. The molecule has 2 heterocycles. The van der Waals surface area contributed by atoms with E-state index in [1.165, 1.54) is 12.1 Å². The number of nitrogens with one attached hydrogen (secondary N) is 1. The fourth-order valence-corrected chi connectivity index (χ4v) is 3.88. The molecule has 0 aliphatic carbocycles. The molecule has 0 saturated carbocycles. The molecule has 5 rings (SSSR count). The molecule has 4 aromatic rings. The normalized spacial score (nSPS) is 17.3. The smallest absolute Gasteiger partial charge is 0.344 e. The monoisotopic (exact) mass is 399 g/mol. The van der Waals surface area contributed by atoms with Gasteiger partial charge in [-0.3, -0.25) is 4.79 Å². The highest BCUT2D eigenvalue weighted by Crippen LogP contribution is 2.44. The van der Waals surface area contributed by atoms with Gasteiger partial charge in [-0.2, -0.15) is 0 Å². The van der Waals surface area contributed by atoms with Crippen LogP contribution in [0.2, 0.25) is 0 Å². The van der Waals surface area contributed by atoms with Crippen molar-refractivity contribution >= 4 is 22.6 Å². The summed E-state index contributed by atoms with van der Waals surface area (Å²) in [6.45, 7) is 0. The van der Waals surface area contributed by atoms with Crippen molar-refractivity contribution in [3.05, 3.63) is 100 Å². The van der Waals surface area contributed by atoms with Crippen molar-refractivity contribution in [3.63, 3.8) is 0 Å². The van der Waals surface area contributed by atoms with Crippen molar-refractivity contribution in [1.29, 1.82) is 0 Å². The number of benzene rings is 3. The zero-order valence-corrected chi connectivity index (χ0v) is 15.7. The van der Waals surface area contributed by atoms with Crippen LogP contribution in [0.1, 0.15) is 17.0 Å². The maximum atomic E-state index is 13.2. The highest BCUT2D eigenvalue weighted by Gasteiger charge is 2.44. The quantitative estimate of drug-likeness (QED) is 0.508. The van der Waals surface area contributed by atoms with E-state index in [9.17, 15) is 14.7 Å². The summed E-state index contributed by atoms with van der Waals surface area (Å²) in [5, 5.41) is 13.4. The van der Waals surface area contributed by atoms with Crippen molar-refractivity contribution in [3.8, 4) is 11.5 Å². The van der Waals surface area contributed by atoms with Crippen LogP contribution in [0.4, 0.5) is 5.69 Å². The summed E-state index contributed by atoms with van der Waals surface area (Å²) in [4.78, 5) is 26.0. The molecule has 3 aromatic carbocycles. The van der Waals surface area contributed by atoms with Gasteiger partial charge >= 0.3 is 5.63 Å². The lowest BCUT2D eigenvalue weighted by molar-refractivity contribution is -0.122. The summed E-state index contributed by atoms with van der Waals surface area (Å²) in [5.74, 6) is -0.748. The summed E-state index contributed by atoms with van der Waals surface area (Å²) in [5.41, 5.74) is 1.30. The third-order valence-corrected chi connectivity index (χ3v) is 5.19. The van der Waals surface area contributed by atoms with Crippen LogP contribution in [0.3, 0.4) is 0 Å². The van der Waals surface area contributed by atoms with Crippen molar-refractivity contribution in [2.45, 2.75) is 12.0 Å². The van der Waals surface area contributed by atoms with E-state index in [0.717, 1.165) is 0 Å². The van der Waals surface area contributed by atoms with Crippen molar-refractivity contribution in [2.24, 2.45) is 0 Å². The Morgan fingerprint density at radius 3 is 2.50 bits per heavy atom. The summed E-state index contributed by atoms with van der Waals surface area (Å²) in [6.07, 6.45) is -1.00. The molecule has 0 saturated heterocycles. The molecule has 30 heavy (non-hydrogen) atoms. The molecule has 2 N–H and O–H groups in total. The van der Waals surface area contributed by atoms with E-state index in [-0.39, 0.29) is 11.3 Å². The average molecular weight is 399 g/mol. The van der Waals surface area contributed by atoms with Gasteiger partial charge in [-0.1, -0.05) is 42.5 Å². The zero-order valence-electron chi connectivity index (χ0n) is 15.7. The Morgan fingerprint density at radius 2 is 1.70 bits per heavy atom. The van der Waals surface area contributed by atoms with Gasteiger partial charge in [0.2, 0.25) is 0 Å². The third-order valence-electron chi connectivity index (χ3n) is 5.19. The molecule has 1 aromatic heterocycles. The molecule has 6 heteroatoms. The van der Waals surface area contributed by atoms with Crippen LogP contribution in [0.5, 0.6) is 11.5 Å². The molecule has 2 unspecified atom stereocenters. The van der Waals surface area contributed by atoms with Crippen LogP contribution in [-0.2, 0) is 4.79 Å². The van der Waals surface area contributed by atoms with Crippen LogP contribution in [-0.4, -0.2) is 17.1 Å². The molecule has 0 spiro atoms. The number of phenolic OH excluding ortho intramolecular Hbond substituents is 1. The molecule has 2 atom stereocenters. The van der Waals surface area contributed by atoms with Crippen molar-refractivity contribution in [1.82, 2.24) is 0 Å². The topological polar surface area (TPSA) is 88.8 Å². The van der Waals surface area contributed by atoms with Crippen LogP contribution < -0.4 is 15.7 Å². The maximum Gasteiger partial charge on any atom is 0.344 e. The van der Waals surface area contributed by atoms with Gasteiger partial charge in [-0.05, 0) is 42.0 Å². The Balaban J connectivity index is 1.66. The average Bonchev–Trinajstić information content (AvgIpc) is 3.16. The minimum atomic E-state index is -1.00. The highest BCUT2D eigenvalue weighted by atomic mass is 16.5. The predicted molar refractivity (Wildman–Crippen MR) is 112 cm³/mol. The number of hydrogen-bond donors (Lipinski definition) is 2. The number of phenols is 1. The van der Waals surface area contributed by atoms with Crippen LogP contribution in [0.25, 0.3) is 11.0 Å². The Kier molecular flexibility index (Phi) is 4.25. The van der Waals surface area contributed by atoms with Crippen LogP contribution in [0.15, 0.2) is 88.1 Å². The van der Waals surface area contributed by atoms with Gasteiger partial charge in [-0.25, -0.2) is 4.79 Å². The number of hydrogen-bond acceptors (Lipinski definition) is 5. The fourth-order valence-electron chi connectivity index (χ4n) is 3.88. The van der Waals surface area contributed by atoms with E-state index in [1.807, 2.05) is 24.3 Å². The first-order valence-corrected chi connectivity index (χ1v) is 9.49. The number of carbonyl (C=O) groups excluding carboxylic acids is 1. The number of anilines is 1. The second kappa shape index (κ2) is 7.08. The molecule has 1 aliphatic heterocycles. The number of amides is 1. The Hall–Kier alpha value is -4.06. The number of fused-ring (bicyclic) bond motifs is 3. The highest BCUT2D eigenvalue weighted by molar-refractivity contribution is 5.97. The second-order valence-electron chi connectivity index (χ2n) is 7.09. The first-order chi connectivity index (χ1) is 14.6. The summed E-state index contributed by atoms with van der Waals surface area (Å²) < 4.78 is 11.6. The Bertz CT molecular complexity index is 1310. The minimum Gasteiger partial charge on any atom is -0.508 e. The van der Waals surface area contributed by atoms with Gasteiger partial charge in [-0.15, -0.1) is 0 Å². The summed E-state index contributed by atoms with van der Waals surface area (Å²) >= 11 is 0. The maximum absolute atomic E-state index is 13.2. The van der Waals surface area contributed by atoms with E-state index < -0.39 is 23.6 Å². The van der Waals surface area contributed by atoms with E-state index in [0.29, 0.717) is 28.0 Å². The number of rotatable bonds is 3. The third kappa shape index (κ3) is 2.99. The second-order valence-corrected chi connectivity index (χ2v) is 7.09. The van der Waals surface area contributed by atoms with Gasteiger partial charge in [0.25, 0.3) is 5.91 Å². The molecule has 0 bridgehead atoms. The zero-order chi connectivity index (χ0) is 20.7. The van der Waals surface area contributed by atoms with Gasteiger partial charge in [0.15, 0.2) is 6.10 Å². The van der Waals surface area contributed by atoms with Gasteiger partial charge < -0.3 is 19.6 Å². The van der Waals surface area contributed by atoms with Crippen molar-refractivity contribution < 1.29 is 19.1 Å². The number of carbonyl (C=O) groups is 1. The first-order valence-electron chi connectivity index (χ1n) is 9.49. The minimum absolute atomic E-state index is 0.0355. The number of ether oxygens (including phenoxy) is 1. The van der Waals surface area contributed by atoms with Crippen LogP contribution >= 0.6 is 0 Å². The van der Waals surface area contributed by atoms with E-state index in [4.69, 9.17) is 9.15 Å². The standard InChI is InChI=1S/C24H17NO5/c26-16-10-6-7-14(13-16)19-20-21(17-11-4-5-12-18(17)29-24(20)28)30-22(19)23(27)25-15-8-2-1-3-9-15/h1-13,19,22,26H,(H,25,27). The molecule has 1 aliphatic rings. The fraction of sp³-hybridized carbons (Fsp3) is 0.0833. The summed E-state index contributed by atoms with van der Waals surface area (Å²) in [7, 11) is 0. The van der Waals surface area contributed by atoms with Gasteiger partial charge in [0.05, 0.1) is 16.9 Å². The van der Waals surface area contributed by atoms with Gasteiger partial charge in [0, 0.05) is 5.69 Å². The molecule has 0 fully saturated rings. The molecular weight excluding hydrogens is 382 g/mol. The van der Waals surface area contributed by atoms with Gasteiger partial charge in [0.1, 0.15) is 17.1 Å². The molecule has 0 radical (unpaired) electrons. The number of para-hydroxylation sites is 2. The van der Waals surface area contributed by atoms with E-state index in [2.05, 4.69) is 5.32 Å². The predicted octanol–water partition coefficient (Wildman–Crippen LogP) is 4.03. The molecule has 6 nitrogen and oxygen atoms in total. The summed E-state index contributed by atoms with van der Waals surface area (Å²) in [6, 6.07) is 22.5. The Morgan fingerprint density at radius 1 is 0.933 bits per heavy atom. The van der Waals surface area contributed by atoms with E-state index in [1.54, 1.807) is 42.5 Å². The Labute approximate surface area is 171 Å². The first kappa shape index (κ1) is 18.0. The lowest BCUT2D eigenvalue weighted by atomic mass is 9.88. The number of aromatic hydroxyl groups is 1.